The highest BCUT2D eigenvalue weighted by molar-refractivity contribution is 14.0. The molecule has 0 aromatic heterocycles. The third-order valence-corrected chi connectivity index (χ3v) is 5.68. The molecule has 0 aromatic rings. The van der Waals surface area contributed by atoms with Gasteiger partial charge in [0.05, 0.1) is 0 Å². The topological polar surface area (TPSA) is 42.9 Å². The number of hydrogen-bond donors (Lipinski definition) is 2. The largest absolute Gasteiger partial charge is 0.355 e. The number of aliphatic imine (C=N–C) groups is 1. The van der Waals surface area contributed by atoms with Crippen LogP contribution in [0.15, 0.2) is 4.99 Å². The van der Waals surface area contributed by atoms with Crippen LogP contribution in [0.5, 0.6) is 0 Å². The van der Waals surface area contributed by atoms with Crippen LogP contribution in [-0.2, 0) is 0 Å². The van der Waals surface area contributed by atoms with Gasteiger partial charge >= 0.3 is 0 Å². The zero-order valence-electron chi connectivity index (χ0n) is 16.8. The van der Waals surface area contributed by atoms with E-state index in [4.69, 9.17) is 0 Å². The molecule has 148 valence electrons. The van der Waals surface area contributed by atoms with Gasteiger partial charge in [0.1, 0.15) is 0 Å². The van der Waals surface area contributed by atoms with Crippen molar-refractivity contribution >= 4 is 29.9 Å². The fraction of sp³-hybridized carbons (Fsp3) is 0.947. The van der Waals surface area contributed by atoms with E-state index in [0.717, 1.165) is 12.5 Å². The number of rotatable bonds is 6. The van der Waals surface area contributed by atoms with Crippen molar-refractivity contribution in [3.63, 3.8) is 0 Å². The summed E-state index contributed by atoms with van der Waals surface area (Å²) in [5.74, 6) is 0.973. The number of nitrogens with one attached hydrogen (secondary N) is 2. The van der Waals surface area contributed by atoms with E-state index in [0.29, 0.717) is 18.1 Å². The third-order valence-electron chi connectivity index (χ3n) is 5.68. The molecule has 2 fully saturated rings. The van der Waals surface area contributed by atoms with Crippen molar-refractivity contribution in [3.05, 3.63) is 0 Å². The number of halogens is 1. The van der Waals surface area contributed by atoms with Gasteiger partial charge in [0.2, 0.25) is 0 Å². The molecule has 0 amide bonds. The summed E-state index contributed by atoms with van der Waals surface area (Å²) in [5.41, 5.74) is 0. The van der Waals surface area contributed by atoms with Gasteiger partial charge in [-0.05, 0) is 59.0 Å². The normalized spacial score (nSPS) is 25.3. The van der Waals surface area contributed by atoms with E-state index in [-0.39, 0.29) is 24.0 Å². The lowest BCUT2D eigenvalue weighted by Crippen LogP contribution is -2.52. The highest BCUT2D eigenvalue weighted by Crippen LogP contribution is 2.18. The van der Waals surface area contributed by atoms with E-state index in [1.165, 1.54) is 64.7 Å². The summed E-state index contributed by atoms with van der Waals surface area (Å²) in [7, 11) is 1.88. The zero-order valence-corrected chi connectivity index (χ0v) is 19.1. The minimum atomic E-state index is 0. The Bertz CT molecular complexity index is 382. The Morgan fingerprint density at radius 2 is 1.88 bits per heavy atom. The Morgan fingerprint density at radius 1 is 1.16 bits per heavy atom. The van der Waals surface area contributed by atoms with E-state index in [1.807, 2.05) is 7.05 Å². The summed E-state index contributed by atoms with van der Waals surface area (Å²) in [5, 5.41) is 7.19. The number of guanidine groups is 1. The maximum absolute atomic E-state index is 4.44. The molecular formula is C19H40IN5. The van der Waals surface area contributed by atoms with Gasteiger partial charge in [0.15, 0.2) is 5.96 Å². The molecule has 0 aliphatic carbocycles. The first-order valence-electron chi connectivity index (χ1n) is 10.1. The maximum atomic E-state index is 4.44. The van der Waals surface area contributed by atoms with Crippen molar-refractivity contribution in [2.45, 2.75) is 77.4 Å². The van der Waals surface area contributed by atoms with Gasteiger partial charge in [-0.3, -0.25) is 9.89 Å². The Kier molecular flexibility index (Phi) is 11.3. The highest BCUT2D eigenvalue weighted by atomic mass is 127. The summed E-state index contributed by atoms with van der Waals surface area (Å²) in [6.07, 6.45) is 7.77. The Hall–Kier alpha value is -0.0800. The lowest BCUT2D eigenvalue weighted by molar-refractivity contribution is 0.115. The van der Waals surface area contributed by atoms with Gasteiger partial charge < -0.3 is 15.5 Å². The summed E-state index contributed by atoms with van der Waals surface area (Å²) < 4.78 is 0. The van der Waals surface area contributed by atoms with Crippen molar-refractivity contribution in [2.75, 3.05) is 39.8 Å². The summed E-state index contributed by atoms with van der Waals surface area (Å²) in [4.78, 5) is 9.66. The average molecular weight is 465 g/mol. The third kappa shape index (κ3) is 7.59. The summed E-state index contributed by atoms with van der Waals surface area (Å²) in [6.45, 7) is 12.9. The second kappa shape index (κ2) is 12.3. The quantitative estimate of drug-likeness (QED) is 0.360. The van der Waals surface area contributed by atoms with E-state index < -0.39 is 0 Å². The number of hydrogen-bond acceptors (Lipinski definition) is 3. The molecule has 2 aliphatic heterocycles. The van der Waals surface area contributed by atoms with Crippen LogP contribution in [0.3, 0.4) is 0 Å². The molecule has 2 rings (SSSR count). The Morgan fingerprint density at radius 3 is 2.48 bits per heavy atom. The molecule has 2 heterocycles. The first-order chi connectivity index (χ1) is 11.6. The van der Waals surface area contributed by atoms with Crippen LogP contribution >= 0.6 is 24.0 Å². The molecule has 2 aliphatic rings. The lowest BCUT2D eigenvalue weighted by Gasteiger charge is -2.38. The molecule has 0 aromatic carbocycles. The van der Waals surface area contributed by atoms with Crippen LogP contribution in [-0.4, -0.2) is 73.7 Å². The van der Waals surface area contributed by atoms with Crippen molar-refractivity contribution in [1.29, 1.82) is 0 Å². The summed E-state index contributed by atoms with van der Waals surface area (Å²) >= 11 is 0. The SMILES string of the molecule is CCCN1CCC(NC(=NC)NCC(C)N2CCCCC2C)CC1.I. The molecule has 0 bridgehead atoms. The van der Waals surface area contributed by atoms with Crippen molar-refractivity contribution < 1.29 is 0 Å². The average Bonchev–Trinajstić information content (AvgIpc) is 2.60. The fourth-order valence-corrected chi connectivity index (χ4v) is 4.14. The minimum absolute atomic E-state index is 0. The van der Waals surface area contributed by atoms with Crippen LogP contribution in [0, 0.1) is 0 Å². The molecule has 2 unspecified atom stereocenters. The predicted octanol–water partition coefficient (Wildman–Crippen LogP) is 2.91. The van der Waals surface area contributed by atoms with E-state index in [9.17, 15) is 0 Å². The zero-order chi connectivity index (χ0) is 17.4. The molecule has 2 saturated heterocycles. The first-order valence-corrected chi connectivity index (χ1v) is 10.1. The van der Waals surface area contributed by atoms with Gasteiger partial charge in [-0.25, -0.2) is 0 Å². The molecule has 2 atom stereocenters. The van der Waals surface area contributed by atoms with E-state index in [2.05, 4.69) is 46.2 Å². The molecule has 25 heavy (non-hydrogen) atoms. The van der Waals surface area contributed by atoms with E-state index in [1.54, 1.807) is 0 Å². The fourth-order valence-electron chi connectivity index (χ4n) is 4.14. The van der Waals surface area contributed by atoms with Crippen molar-refractivity contribution in [2.24, 2.45) is 4.99 Å². The molecular weight excluding hydrogens is 425 g/mol. The van der Waals surface area contributed by atoms with Crippen LogP contribution in [0.4, 0.5) is 0 Å². The minimum Gasteiger partial charge on any atom is -0.355 e. The Labute approximate surface area is 172 Å². The molecule has 0 radical (unpaired) electrons. The van der Waals surface area contributed by atoms with Crippen LogP contribution in [0.2, 0.25) is 0 Å². The number of piperidine rings is 2. The maximum Gasteiger partial charge on any atom is 0.191 e. The number of nitrogens with zero attached hydrogens (tertiary/aromatic N) is 3. The molecule has 0 saturated carbocycles. The Balaban J connectivity index is 0.00000312. The molecule has 2 N–H and O–H groups in total. The predicted molar refractivity (Wildman–Crippen MR) is 119 cm³/mol. The van der Waals surface area contributed by atoms with Crippen LogP contribution in [0.25, 0.3) is 0 Å². The van der Waals surface area contributed by atoms with Gasteiger partial charge in [-0.1, -0.05) is 13.3 Å². The van der Waals surface area contributed by atoms with Crippen molar-refractivity contribution in [3.8, 4) is 0 Å². The second-order valence-corrected chi connectivity index (χ2v) is 7.65. The molecule has 5 nitrogen and oxygen atoms in total. The van der Waals surface area contributed by atoms with Crippen LogP contribution in [0.1, 0.15) is 59.3 Å². The van der Waals surface area contributed by atoms with Gasteiger partial charge in [0, 0.05) is 44.8 Å². The van der Waals surface area contributed by atoms with Crippen LogP contribution < -0.4 is 10.6 Å². The van der Waals surface area contributed by atoms with Gasteiger partial charge in [-0.15, -0.1) is 24.0 Å². The van der Waals surface area contributed by atoms with Crippen molar-refractivity contribution in [1.82, 2.24) is 20.4 Å². The van der Waals surface area contributed by atoms with Gasteiger partial charge in [-0.2, -0.15) is 0 Å². The lowest BCUT2D eigenvalue weighted by atomic mass is 10.0. The molecule has 0 spiro atoms. The number of likely N-dealkylation sites (tertiary alicyclic amines) is 2. The summed E-state index contributed by atoms with van der Waals surface area (Å²) in [6, 6.07) is 1.84. The first kappa shape index (κ1) is 23.0. The molecule has 6 heteroatoms. The highest BCUT2D eigenvalue weighted by Gasteiger charge is 2.23. The smallest absolute Gasteiger partial charge is 0.191 e. The van der Waals surface area contributed by atoms with Gasteiger partial charge in [0.25, 0.3) is 0 Å². The second-order valence-electron chi connectivity index (χ2n) is 7.65. The standard InChI is InChI=1S/C19H39N5.HI/c1-5-11-23-13-9-18(10-14-23)22-19(20-4)21-15-17(3)24-12-7-6-8-16(24)2;/h16-18H,5-15H2,1-4H3,(H2,20,21,22);1H. The monoisotopic (exact) mass is 465 g/mol. The van der Waals surface area contributed by atoms with E-state index >= 15 is 0 Å².